The van der Waals surface area contributed by atoms with E-state index >= 15 is 0 Å². The molecule has 0 aromatic carbocycles. The molecule has 1 rings (SSSR count). The van der Waals surface area contributed by atoms with Gasteiger partial charge in [-0.05, 0) is 6.92 Å². The number of hydrogen-bond acceptors (Lipinski definition) is 2. The van der Waals surface area contributed by atoms with E-state index in [1.165, 1.54) is 0 Å². The first-order chi connectivity index (χ1) is 4.18. The van der Waals surface area contributed by atoms with Gasteiger partial charge in [-0.1, -0.05) is 12.2 Å². The summed E-state index contributed by atoms with van der Waals surface area (Å²) in [6.07, 6.45) is 0.751. The number of carbonyl (C=O) groups is 1. The van der Waals surface area contributed by atoms with Crippen molar-refractivity contribution >= 4 is 23.2 Å². The zero-order valence-electron chi connectivity index (χ0n) is 5.10. The maximum atomic E-state index is 10.6. The predicted octanol–water partition coefficient (Wildman–Crippen LogP) is 0.405. The standard InChI is InChI=1S/C5H8N2OS/c1-3-2-4(9)7-5(8)6-3/h3H,2H2,1H3,(H2,6,7,8,9). The van der Waals surface area contributed by atoms with Crippen molar-refractivity contribution in [3.8, 4) is 0 Å². The molecule has 3 nitrogen and oxygen atoms in total. The van der Waals surface area contributed by atoms with Crippen molar-refractivity contribution in [3.05, 3.63) is 0 Å². The van der Waals surface area contributed by atoms with Gasteiger partial charge in [-0.15, -0.1) is 0 Å². The summed E-state index contributed by atoms with van der Waals surface area (Å²) in [7, 11) is 0. The molecular formula is C5H8N2OS. The lowest BCUT2D eigenvalue weighted by atomic mass is 10.2. The van der Waals surface area contributed by atoms with E-state index in [4.69, 9.17) is 12.2 Å². The van der Waals surface area contributed by atoms with Crippen molar-refractivity contribution in [2.75, 3.05) is 0 Å². The molecule has 0 spiro atoms. The Bertz CT molecular complexity index is 141. The highest BCUT2D eigenvalue weighted by atomic mass is 32.1. The Kier molecular flexibility index (Phi) is 1.66. The Labute approximate surface area is 58.8 Å². The average molecular weight is 144 g/mol. The van der Waals surface area contributed by atoms with Crippen LogP contribution >= 0.6 is 12.2 Å². The second kappa shape index (κ2) is 2.31. The molecular weight excluding hydrogens is 136 g/mol. The van der Waals surface area contributed by atoms with Crippen LogP contribution in [0.3, 0.4) is 0 Å². The minimum Gasteiger partial charge on any atom is -0.335 e. The summed E-state index contributed by atoms with van der Waals surface area (Å²) < 4.78 is 0. The summed E-state index contributed by atoms with van der Waals surface area (Å²) in [5.41, 5.74) is 0. The third-order valence-electron chi connectivity index (χ3n) is 1.12. The highest BCUT2D eigenvalue weighted by molar-refractivity contribution is 7.80. The van der Waals surface area contributed by atoms with Gasteiger partial charge in [0, 0.05) is 12.5 Å². The zero-order valence-corrected chi connectivity index (χ0v) is 5.92. The highest BCUT2D eigenvalue weighted by Gasteiger charge is 2.16. The van der Waals surface area contributed by atoms with Gasteiger partial charge >= 0.3 is 6.03 Å². The zero-order chi connectivity index (χ0) is 6.85. The summed E-state index contributed by atoms with van der Waals surface area (Å²) in [6.45, 7) is 1.92. The first-order valence-electron chi connectivity index (χ1n) is 2.79. The van der Waals surface area contributed by atoms with Crippen LogP contribution in [-0.2, 0) is 0 Å². The van der Waals surface area contributed by atoms with Crippen LogP contribution in [0.2, 0.25) is 0 Å². The molecule has 1 heterocycles. The van der Waals surface area contributed by atoms with Crippen molar-refractivity contribution in [1.82, 2.24) is 10.6 Å². The van der Waals surface area contributed by atoms with Gasteiger partial charge in [0.15, 0.2) is 0 Å². The van der Waals surface area contributed by atoms with Crippen molar-refractivity contribution in [3.63, 3.8) is 0 Å². The first-order valence-corrected chi connectivity index (χ1v) is 3.19. The first kappa shape index (κ1) is 6.48. The molecule has 0 aliphatic carbocycles. The van der Waals surface area contributed by atoms with Gasteiger partial charge in [0.25, 0.3) is 0 Å². The lowest BCUT2D eigenvalue weighted by molar-refractivity contribution is 0.240. The van der Waals surface area contributed by atoms with Gasteiger partial charge < -0.3 is 10.6 Å². The minimum absolute atomic E-state index is 0.182. The van der Waals surface area contributed by atoms with Crippen molar-refractivity contribution in [2.45, 2.75) is 19.4 Å². The molecule has 1 aliphatic heterocycles. The Morgan fingerprint density at radius 2 is 2.44 bits per heavy atom. The molecule has 0 aromatic heterocycles. The fraction of sp³-hybridized carbons (Fsp3) is 0.600. The van der Waals surface area contributed by atoms with E-state index in [1.54, 1.807) is 0 Å². The number of thiocarbonyl (C=S) groups is 1. The second-order valence-electron chi connectivity index (χ2n) is 2.13. The van der Waals surface area contributed by atoms with E-state index in [2.05, 4.69) is 10.6 Å². The maximum absolute atomic E-state index is 10.6. The topological polar surface area (TPSA) is 41.1 Å². The van der Waals surface area contributed by atoms with Gasteiger partial charge in [0.05, 0.1) is 4.99 Å². The number of nitrogens with one attached hydrogen (secondary N) is 2. The number of amides is 2. The summed E-state index contributed by atoms with van der Waals surface area (Å²) in [6, 6.07) is 0.00463. The molecule has 1 atom stereocenters. The summed E-state index contributed by atoms with van der Waals surface area (Å²) in [5.74, 6) is 0. The fourth-order valence-corrected chi connectivity index (χ4v) is 1.11. The SMILES string of the molecule is CC1CC(=S)NC(=O)N1. The largest absolute Gasteiger partial charge is 0.335 e. The van der Waals surface area contributed by atoms with Crippen LogP contribution in [0.5, 0.6) is 0 Å². The molecule has 1 unspecified atom stereocenters. The number of urea groups is 1. The Morgan fingerprint density at radius 3 is 2.89 bits per heavy atom. The quantitative estimate of drug-likeness (QED) is 0.483. The van der Waals surface area contributed by atoms with Gasteiger partial charge in [0.1, 0.15) is 0 Å². The summed E-state index contributed by atoms with van der Waals surface area (Å²) >= 11 is 4.79. The van der Waals surface area contributed by atoms with Crippen molar-refractivity contribution < 1.29 is 4.79 Å². The van der Waals surface area contributed by atoms with Crippen LogP contribution in [0.25, 0.3) is 0 Å². The van der Waals surface area contributed by atoms with Crippen molar-refractivity contribution in [1.29, 1.82) is 0 Å². The normalized spacial score (nSPS) is 27.0. The summed E-state index contributed by atoms with van der Waals surface area (Å²) in [4.78, 5) is 11.2. The van der Waals surface area contributed by atoms with Crippen LogP contribution in [0, 0.1) is 0 Å². The van der Waals surface area contributed by atoms with Crippen LogP contribution in [-0.4, -0.2) is 17.1 Å². The van der Waals surface area contributed by atoms with Gasteiger partial charge in [-0.2, -0.15) is 0 Å². The Balaban J connectivity index is 2.53. The fourth-order valence-electron chi connectivity index (χ4n) is 0.767. The van der Waals surface area contributed by atoms with E-state index in [-0.39, 0.29) is 12.1 Å². The molecule has 0 saturated carbocycles. The Morgan fingerprint density at radius 1 is 1.78 bits per heavy atom. The molecule has 1 saturated heterocycles. The summed E-state index contributed by atoms with van der Waals surface area (Å²) in [5, 5.41) is 5.16. The molecule has 2 amide bonds. The van der Waals surface area contributed by atoms with Crippen molar-refractivity contribution in [2.24, 2.45) is 0 Å². The lowest BCUT2D eigenvalue weighted by Gasteiger charge is -2.20. The second-order valence-corrected chi connectivity index (χ2v) is 2.62. The number of carbonyl (C=O) groups excluding carboxylic acids is 1. The van der Waals surface area contributed by atoms with E-state index in [1.807, 2.05) is 6.92 Å². The molecule has 0 aromatic rings. The molecule has 1 aliphatic rings. The number of rotatable bonds is 0. The molecule has 0 radical (unpaired) electrons. The molecule has 50 valence electrons. The van der Waals surface area contributed by atoms with E-state index in [0.29, 0.717) is 4.99 Å². The molecule has 4 heteroatoms. The maximum Gasteiger partial charge on any atom is 0.319 e. The lowest BCUT2D eigenvalue weighted by Crippen LogP contribution is -2.50. The van der Waals surface area contributed by atoms with Crippen LogP contribution in [0.15, 0.2) is 0 Å². The predicted molar refractivity (Wildman–Crippen MR) is 38.3 cm³/mol. The van der Waals surface area contributed by atoms with E-state index in [9.17, 15) is 4.79 Å². The van der Waals surface area contributed by atoms with E-state index < -0.39 is 0 Å². The van der Waals surface area contributed by atoms with Gasteiger partial charge in [-0.25, -0.2) is 4.79 Å². The molecule has 2 N–H and O–H groups in total. The van der Waals surface area contributed by atoms with Gasteiger partial charge in [0.2, 0.25) is 0 Å². The van der Waals surface area contributed by atoms with Gasteiger partial charge in [-0.3, -0.25) is 0 Å². The monoisotopic (exact) mass is 144 g/mol. The smallest absolute Gasteiger partial charge is 0.319 e. The van der Waals surface area contributed by atoms with Crippen LogP contribution < -0.4 is 10.6 Å². The van der Waals surface area contributed by atoms with Crippen LogP contribution in [0.4, 0.5) is 4.79 Å². The highest BCUT2D eigenvalue weighted by Crippen LogP contribution is 1.96. The minimum atomic E-state index is -0.182. The van der Waals surface area contributed by atoms with E-state index in [0.717, 1.165) is 6.42 Å². The molecule has 9 heavy (non-hydrogen) atoms. The molecule has 0 bridgehead atoms. The third-order valence-corrected chi connectivity index (χ3v) is 1.39. The average Bonchev–Trinajstić information content (AvgIpc) is 1.59. The third kappa shape index (κ3) is 1.64. The van der Waals surface area contributed by atoms with Crippen LogP contribution in [0.1, 0.15) is 13.3 Å². The number of hydrogen-bond donors (Lipinski definition) is 2. The molecule has 1 fully saturated rings. The Hall–Kier alpha value is -0.640.